The van der Waals surface area contributed by atoms with Gasteiger partial charge in [-0.05, 0) is 0 Å². The molecular weight excluding hydrogens is 180 g/mol. The number of hydrazone groups is 1. The number of nitrogens with zero attached hydrogens (tertiary/aromatic N) is 2. The summed E-state index contributed by atoms with van der Waals surface area (Å²) in [5, 5.41) is 11.2. The Bertz CT molecular complexity index is 308. The molecule has 5 heteroatoms. The molecule has 76 valence electrons. The summed E-state index contributed by atoms with van der Waals surface area (Å²) in [5.74, 6) is -1.07. The standard InChI is InChI=1S/C9H14N4O/c1-3-5-8-7-13(14)12-9(10,11-8)6-4-2/h3-4,7,12H,1-2,5-6,10H2. The molecule has 0 bridgehead atoms. The highest BCUT2D eigenvalue weighted by Gasteiger charge is 2.29. The molecule has 0 spiro atoms. The van der Waals surface area contributed by atoms with Gasteiger partial charge < -0.3 is 5.21 Å². The maximum Gasteiger partial charge on any atom is 0.236 e. The van der Waals surface area contributed by atoms with Crippen LogP contribution < -0.4 is 11.2 Å². The van der Waals surface area contributed by atoms with E-state index >= 15 is 0 Å². The van der Waals surface area contributed by atoms with Crippen LogP contribution in [0.15, 0.2) is 30.3 Å². The van der Waals surface area contributed by atoms with Gasteiger partial charge in [0.05, 0.1) is 0 Å². The smallest absolute Gasteiger partial charge is 0.236 e. The van der Waals surface area contributed by atoms with Crippen molar-refractivity contribution in [2.75, 3.05) is 0 Å². The van der Waals surface area contributed by atoms with Gasteiger partial charge in [-0.3, -0.25) is 5.73 Å². The lowest BCUT2D eigenvalue weighted by Gasteiger charge is -2.26. The van der Waals surface area contributed by atoms with E-state index in [4.69, 9.17) is 5.73 Å². The zero-order valence-corrected chi connectivity index (χ0v) is 7.94. The highest BCUT2D eigenvalue weighted by Crippen LogP contribution is 2.09. The second-order valence-corrected chi connectivity index (χ2v) is 3.08. The van der Waals surface area contributed by atoms with E-state index < -0.39 is 5.79 Å². The molecule has 1 heterocycles. The lowest BCUT2D eigenvalue weighted by atomic mass is 10.2. The highest BCUT2D eigenvalue weighted by molar-refractivity contribution is 6.29. The van der Waals surface area contributed by atoms with Gasteiger partial charge in [-0.25, -0.2) is 4.99 Å². The van der Waals surface area contributed by atoms with Crippen molar-refractivity contribution in [3.8, 4) is 0 Å². The lowest BCUT2D eigenvalue weighted by molar-refractivity contribution is -0.535. The SMILES string of the molecule is C=CCC1=NC(N)(CC=C)N[N+]([O-])=C1. The molecule has 1 rings (SSSR count). The summed E-state index contributed by atoms with van der Waals surface area (Å²) in [4.78, 5) is 4.75. The number of rotatable bonds is 4. The van der Waals surface area contributed by atoms with Crippen LogP contribution >= 0.6 is 0 Å². The van der Waals surface area contributed by atoms with Gasteiger partial charge in [-0.2, -0.15) is 0 Å². The van der Waals surface area contributed by atoms with Crippen molar-refractivity contribution >= 4 is 11.9 Å². The van der Waals surface area contributed by atoms with Crippen LogP contribution in [0.3, 0.4) is 0 Å². The molecule has 5 nitrogen and oxygen atoms in total. The van der Waals surface area contributed by atoms with Crippen LogP contribution in [0.1, 0.15) is 12.8 Å². The molecule has 0 saturated heterocycles. The fourth-order valence-corrected chi connectivity index (χ4v) is 1.23. The number of hydrogen-bond donors (Lipinski definition) is 2. The van der Waals surface area contributed by atoms with Crippen LogP contribution in [0.2, 0.25) is 0 Å². The third kappa shape index (κ3) is 2.43. The number of hydrogen-bond acceptors (Lipinski definition) is 4. The van der Waals surface area contributed by atoms with Crippen molar-refractivity contribution in [2.24, 2.45) is 10.7 Å². The molecule has 0 aliphatic carbocycles. The van der Waals surface area contributed by atoms with Gasteiger partial charge >= 0.3 is 0 Å². The summed E-state index contributed by atoms with van der Waals surface area (Å²) in [6.45, 7) is 7.13. The van der Waals surface area contributed by atoms with E-state index in [1.54, 1.807) is 12.2 Å². The van der Waals surface area contributed by atoms with Gasteiger partial charge in [0.1, 0.15) is 5.71 Å². The Labute approximate surface area is 82.9 Å². The number of aliphatic imine (C=N–C) groups is 1. The van der Waals surface area contributed by atoms with Crippen molar-refractivity contribution in [1.29, 1.82) is 0 Å². The molecule has 1 aliphatic rings. The summed E-state index contributed by atoms with van der Waals surface area (Å²) >= 11 is 0. The van der Waals surface area contributed by atoms with Gasteiger partial charge in [0, 0.05) is 12.8 Å². The topological polar surface area (TPSA) is 76.5 Å². The average Bonchev–Trinajstić information content (AvgIpc) is 2.02. The van der Waals surface area contributed by atoms with Gasteiger partial charge in [0.2, 0.25) is 12.0 Å². The molecule has 0 aromatic heterocycles. The van der Waals surface area contributed by atoms with Crippen LogP contribution in [0.5, 0.6) is 0 Å². The molecular formula is C9H14N4O. The van der Waals surface area contributed by atoms with Crippen molar-refractivity contribution in [2.45, 2.75) is 18.6 Å². The maximum atomic E-state index is 11.2. The largest absolute Gasteiger partial charge is 0.596 e. The number of allylic oxidation sites excluding steroid dienone is 1. The first-order valence-electron chi connectivity index (χ1n) is 4.28. The quantitative estimate of drug-likeness (QED) is 0.383. The molecule has 1 aliphatic heterocycles. The van der Waals surface area contributed by atoms with Gasteiger partial charge in [0.25, 0.3) is 0 Å². The van der Waals surface area contributed by atoms with Crippen LogP contribution in [0.25, 0.3) is 0 Å². The van der Waals surface area contributed by atoms with Crippen molar-refractivity contribution in [3.05, 3.63) is 30.5 Å². The number of hydrazine groups is 1. The fraction of sp³-hybridized carbons (Fsp3) is 0.333. The van der Waals surface area contributed by atoms with Crippen LogP contribution in [0, 0.1) is 5.21 Å². The second kappa shape index (κ2) is 4.06. The third-order valence-corrected chi connectivity index (χ3v) is 1.72. The molecule has 1 unspecified atom stereocenters. The van der Waals surface area contributed by atoms with E-state index in [0.717, 1.165) is 0 Å². The summed E-state index contributed by atoms with van der Waals surface area (Å²) in [6, 6.07) is 0. The fourth-order valence-electron chi connectivity index (χ4n) is 1.23. The Morgan fingerprint density at radius 3 is 2.93 bits per heavy atom. The van der Waals surface area contributed by atoms with Crippen molar-refractivity contribution in [3.63, 3.8) is 0 Å². The predicted octanol–water partition coefficient (Wildman–Crippen LogP) is 0.291. The Morgan fingerprint density at radius 2 is 2.36 bits per heavy atom. The Balaban J connectivity index is 2.88. The average molecular weight is 194 g/mol. The first-order valence-corrected chi connectivity index (χ1v) is 4.28. The van der Waals surface area contributed by atoms with E-state index in [0.29, 0.717) is 23.4 Å². The normalized spacial score (nSPS) is 25.8. The second-order valence-electron chi connectivity index (χ2n) is 3.08. The predicted molar refractivity (Wildman–Crippen MR) is 56.8 cm³/mol. The monoisotopic (exact) mass is 194 g/mol. The highest BCUT2D eigenvalue weighted by atomic mass is 16.5. The van der Waals surface area contributed by atoms with Crippen molar-refractivity contribution < 1.29 is 4.85 Å². The molecule has 0 fully saturated rings. The molecule has 3 N–H and O–H groups in total. The van der Waals surface area contributed by atoms with E-state index in [9.17, 15) is 5.21 Å². The van der Waals surface area contributed by atoms with Gasteiger partial charge in [0.15, 0.2) is 0 Å². The van der Waals surface area contributed by atoms with E-state index in [-0.39, 0.29) is 0 Å². The maximum absolute atomic E-state index is 11.2. The molecule has 0 aromatic rings. The van der Waals surface area contributed by atoms with E-state index in [2.05, 4.69) is 23.6 Å². The first kappa shape index (κ1) is 10.5. The molecule has 0 saturated carbocycles. The Morgan fingerprint density at radius 1 is 1.64 bits per heavy atom. The van der Waals surface area contributed by atoms with E-state index in [1.807, 2.05) is 0 Å². The number of nitrogens with one attached hydrogen (secondary N) is 1. The lowest BCUT2D eigenvalue weighted by Crippen LogP contribution is -2.57. The summed E-state index contributed by atoms with van der Waals surface area (Å²) in [6.07, 6.45) is 5.54. The molecule has 0 aromatic carbocycles. The summed E-state index contributed by atoms with van der Waals surface area (Å²) in [7, 11) is 0. The Hall–Kier alpha value is -1.62. The number of nitrogens with two attached hydrogens (primary N) is 1. The molecule has 0 amide bonds. The first-order chi connectivity index (χ1) is 6.59. The minimum atomic E-state index is -1.07. The third-order valence-electron chi connectivity index (χ3n) is 1.72. The minimum Gasteiger partial charge on any atom is -0.596 e. The minimum absolute atomic E-state index is 0.389. The van der Waals surface area contributed by atoms with Crippen LogP contribution in [-0.4, -0.2) is 22.6 Å². The van der Waals surface area contributed by atoms with Crippen LogP contribution in [-0.2, 0) is 0 Å². The molecule has 14 heavy (non-hydrogen) atoms. The van der Waals surface area contributed by atoms with Gasteiger partial charge in [-0.15, -0.1) is 18.6 Å². The molecule has 1 atom stereocenters. The van der Waals surface area contributed by atoms with Gasteiger partial charge in [-0.1, -0.05) is 17.0 Å². The summed E-state index contributed by atoms with van der Waals surface area (Å²) in [5.41, 5.74) is 8.91. The van der Waals surface area contributed by atoms with Crippen molar-refractivity contribution in [1.82, 2.24) is 5.43 Å². The zero-order chi connectivity index (χ0) is 10.6. The Kier molecular flexibility index (Phi) is 3.03. The zero-order valence-electron chi connectivity index (χ0n) is 7.94. The summed E-state index contributed by atoms with van der Waals surface area (Å²) < 4.78 is 0. The van der Waals surface area contributed by atoms with Crippen LogP contribution in [0.4, 0.5) is 0 Å². The van der Waals surface area contributed by atoms with E-state index in [1.165, 1.54) is 6.21 Å². The molecule has 0 radical (unpaired) electrons.